The van der Waals surface area contributed by atoms with Crippen LogP contribution in [-0.2, 0) is 4.79 Å². The Morgan fingerprint density at radius 2 is 2.11 bits per heavy atom. The van der Waals surface area contributed by atoms with Crippen molar-refractivity contribution in [3.8, 4) is 11.1 Å². The maximum absolute atomic E-state index is 13.8. The standard InChI is InChI=1S/C26H29BrFN7O3/c1-14(31-12-26(4-5-26)13-32-25(38)22(37)11-36)21-8-19(27)23(29)35-24(34-21)18(10-33-35)16-6-15-7-17(28)2-3-20(15)30-9-16/h2-3,6-7,9-10,14,19,22,29,31,36-37H,4-5,8,11-13H2,1H3,(H,32,38). The average Bonchev–Trinajstić information content (AvgIpc) is 3.60. The van der Waals surface area contributed by atoms with E-state index in [0.717, 1.165) is 24.1 Å². The zero-order valence-corrected chi connectivity index (χ0v) is 22.4. The van der Waals surface area contributed by atoms with E-state index >= 15 is 0 Å². The number of nitrogens with zero attached hydrogens (tertiary/aromatic N) is 4. The molecule has 1 saturated carbocycles. The fraction of sp³-hybridized carbons (Fsp3) is 0.423. The summed E-state index contributed by atoms with van der Waals surface area (Å²) in [6.07, 6.45) is 4.32. The number of amides is 1. The minimum Gasteiger partial charge on any atom is -0.393 e. The number of benzene rings is 1. The van der Waals surface area contributed by atoms with Crippen LogP contribution in [0.25, 0.3) is 22.0 Å². The van der Waals surface area contributed by atoms with Crippen LogP contribution in [0, 0.1) is 16.6 Å². The van der Waals surface area contributed by atoms with E-state index < -0.39 is 18.6 Å². The number of carbonyl (C=O) groups is 1. The van der Waals surface area contributed by atoms with Gasteiger partial charge in [0.1, 0.15) is 11.7 Å². The van der Waals surface area contributed by atoms with Gasteiger partial charge in [-0.15, -0.1) is 0 Å². The van der Waals surface area contributed by atoms with Crippen LogP contribution in [0.15, 0.2) is 41.7 Å². The van der Waals surface area contributed by atoms with Crippen molar-refractivity contribution in [3.63, 3.8) is 0 Å². The van der Waals surface area contributed by atoms with Crippen LogP contribution >= 0.6 is 15.9 Å². The Hall–Kier alpha value is -3.06. The highest BCUT2D eigenvalue weighted by Crippen LogP contribution is 2.44. The number of aliphatic hydroxyl groups is 2. The Bertz CT molecular complexity index is 1420. The largest absolute Gasteiger partial charge is 0.393 e. The van der Waals surface area contributed by atoms with Gasteiger partial charge in [0.25, 0.3) is 5.91 Å². The number of carbonyl (C=O) groups excluding carboxylic acids is 1. The van der Waals surface area contributed by atoms with Gasteiger partial charge in [0.05, 0.1) is 23.1 Å². The van der Waals surface area contributed by atoms with E-state index in [1.807, 2.05) is 13.0 Å². The summed E-state index contributed by atoms with van der Waals surface area (Å²) in [6.45, 7) is 2.45. The highest BCUT2D eigenvalue weighted by molar-refractivity contribution is 9.10. The molecule has 0 spiro atoms. The lowest BCUT2D eigenvalue weighted by molar-refractivity contribution is -0.131. The number of hydrogen-bond donors (Lipinski definition) is 5. The average molecular weight is 586 g/mol. The van der Waals surface area contributed by atoms with E-state index in [0.29, 0.717) is 41.8 Å². The molecular formula is C26H29BrFN7O3. The predicted octanol–water partition coefficient (Wildman–Crippen LogP) is 2.53. The molecule has 12 heteroatoms. The summed E-state index contributed by atoms with van der Waals surface area (Å²) in [5.41, 5.74) is 2.84. The number of aromatic nitrogens is 3. The van der Waals surface area contributed by atoms with Gasteiger partial charge in [-0.1, -0.05) is 15.9 Å². The Labute approximate surface area is 227 Å². The number of hydrogen-bond acceptors (Lipinski definition) is 8. The topological polar surface area (TPSA) is 149 Å². The summed E-state index contributed by atoms with van der Waals surface area (Å²) >= 11 is 3.61. The first-order valence-corrected chi connectivity index (χ1v) is 13.4. The second kappa shape index (κ2) is 10.6. The third kappa shape index (κ3) is 5.39. The van der Waals surface area contributed by atoms with E-state index in [1.54, 1.807) is 18.5 Å². The lowest BCUT2D eigenvalue weighted by atomic mass is 10.0. The number of halogens is 2. The molecule has 200 valence electrons. The summed E-state index contributed by atoms with van der Waals surface area (Å²) in [6, 6.07) is 6.17. The SMILES string of the molecule is CC(NCC1(CNC(=O)C(O)CO)CC1)C1=Nc2c(-c3cnc4ccc(F)cc4c3)cnn2C(=N)C(Br)C1. The zero-order valence-electron chi connectivity index (χ0n) is 20.8. The molecule has 38 heavy (non-hydrogen) atoms. The van der Waals surface area contributed by atoms with Crippen molar-refractivity contribution in [1.29, 1.82) is 5.41 Å². The third-order valence-electron chi connectivity index (χ3n) is 7.21. The Morgan fingerprint density at radius 1 is 1.32 bits per heavy atom. The smallest absolute Gasteiger partial charge is 0.251 e. The molecule has 1 aromatic carbocycles. The quantitative estimate of drug-likeness (QED) is 0.244. The number of rotatable bonds is 9. The van der Waals surface area contributed by atoms with Crippen molar-refractivity contribution in [2.45, 2.75) is 43.2 Å². The summed E-state index contributed by atoms with van der Waals surface area (Å²) in [4.78, 5) is 21.0. The molecule has 1 aliphatic carbocycles. The molecule has 1 fully saturated rings. The van der Waals surface area contributed by atoms with Crippen LogP contribution in [0.2, 0.25) is 0 Å². The third-order valence-corrected chi connectivity index (χ3v) is 7.97. The van der Waals surface area contributed by atoms with Crippen LogP contribution in [0.5, 0.6) is 0 Å². The summed E-state index contributed by atoms with van der Waals surface area (Å²) in [7, 11) is 0. The molecule has 2 aromatic heterocycles. The first-order valence-electron chi connectivity index (χ1n) is 12.4. The Balaban J connectivity index is 1.37. The number of nitrogens with one attached hydrogen (secondary N) is 3. The molecule has 0 bridgehead atoms. The van der Waals surface area contributed by atoms with Gasteiger partial charge >= 0.3 is 0 Å². The van der Waals surface area contributed by atoms with Crippen molar-refractivity contribution in [3.05, 3.63) is 42.5 Å². The normalized spacial score (nSPS) is 19.9. The van der Waals surface area contributed by atoms with Crippen LogP contribution in [0.4, 0.5) is 10.2 Å². The molecule has 0 saturated heterocycles. The molecule has 5 rings (SSSR count). The number of aliphatic hydroxyl groups excluding tert-OH is 2. The lowest BCUT2D eigenvalue weighted by Crippen LogP contribution is -2.44. The molecule has 2 aliphatic rings. The van der Waals surface area contributed by atoms with Crippen molar-refractivity contribution < 1.29 is 19.4 Å². The van der Waals surface area contributed by atoms with Gasteiger partial charge in [-0.2, -0.15) is 9.78 Å². The summed E-state index contributed by atoms with van der Waals surface area (Å²) in [5.74, 6) is -0.135. The van der Waals surface area contributed by atoms with E-state index in [-0.39, 0.29) is 27.9 Å². The van der Waals surface area contributed by atoms with Crippen LogP contribution in [0.3, 0.4) is 0 Å². The molecule has 3 atom stereocenters. The molecule has 1 aliphatic heterocycles. The van der Waals surface area contributed by atoms with Crippen LogP contribution < -0.4 is 10.6 Å². The summed E-state index contributed by atoms with van der Waals surface area (Å²) in [5, 5.41) is 38.4. The maximum Gasteiger partial charge on any atom is 0.251 e. The van der Waals surface area contributed by atoms with Crippen molar-refractivity contribution >= 4 is 50.1 Å². The molecule has 3 aromatic rings. The monoisotopic (exact) mass is 585 g/mol. The lowest BCUT2D eigenvalue weighted by Gasteiger charge is -2.22. The number of aliphatic imine (C=N–C) groups is 1. The predicted molar refractivity (Wildman–Crippen MR) is 146 cm³/mol. The molecule has 3 heterocycles. The van der Waals surface area contributed by atoms with Crippen LogP contribution in [-0.4, -0.2) is 79.1 Å². The van der Waals surface area contributed by atoms with Gasteiger partial charge in [-0.05, 0) is 44.0 Å². The highest BCUT2D eigenvalue weighted by Gasteiger charge is 2.43. The van der Waals surface area contributed by atoms with Crippen molar-refractivity contribution in [1.82, 2.24) is 25.4 Å². The van der Waals surface area contributed by atoms with Gasteiger partial charge in [0.15, 0.2) is 11.9 Å². The van der Waals surface area contributed by atoms with Gasteiger partial charge in [0, 0.05) is 59.4 Å². The van der Waals surface area contributed by atoms with Gasteiger partial charge in [-0.3, -0.25) is 15.2 Å². The minimum atomic E-state index is -1.42. The maximum atomic E-state index is 13.8. The fourth-order valence-electron chi connectivity index (χ4n) is 4.50. The van der Waals surface area contributed by atoms with Gasteiger partial charge in [-0.25, -0.2) is 9.38 Å². The number of alkyl halides is 1. The summed E-state index contributed by atoms with van der Waals surface area (Å²) < 4.78 is 15.3. The molecule has 0 radical (unpaired) electrons. The number of pyridine rings is 1. The molecule has 5 N–H and O–H groups in total. The second-order valence-electron chi connectivity index (χ2n) is 10.0. The van der Waals surface area contributed by atoms with Crippen LogP contribution in [0.1, 0.15) is 26.2 Å². The van der Waals surface area contributed by atoms with Gasteiger partial charge < -0.3 is 20.8 Å². The Kier molecular flexibility index (Phi) is 7.40. The molecule has 3 unspecified atom stereocenters. The molecule has 10 nitrogen and oxygen atoms in total. The van der Waals surface area contributed by atoms with E-state index in [4.69, 9.17) is 15.5 Å². The van der Waals surface area contributed by atoms with Crippen molar-refractivity contribution in [2.75, 3.05) is 19.7 Å². The first kappa shape index (κ1) is 26.5. The van der Waals surface area contributed by atoms with E-state index in [2.05, 4.69) is 36.6 Å². The minimum absolute atomic E-state index is 0.107. The number of fused-ring (bicyclic) bond motifs is 2. The van der Waals surface area contributed by atoms with E-state index in [9.17, 15) is 14.3 Å². The first-order chi connectivity index (χ1) is 18.2. The highest BCUT2D eigenvalue weighted by atomic mass is 79.9. The van der Waals surface area contributed by atoms with Gasteiger partial charge in [0.2, 0.25) is 0 Å². The van der Waals surface area contributed by atoms with E-state index in [1.165, 1.54) is 16.8 Å². The van der Waals surface area contributed by atoms with Crippen molar-refractivity contribution in [2.24, 2.45) is 10.4 Å². The Morgan fingerprint density at radius 3 is 2.84 bits per heavy atom. The second-order valence-corrected chi connectivity index (χ2v) is 11.1. The zero-order chi connectivity index (χ0) is 27.0. The molecule has 1 amide bonds. The fourth-order valence-corrected chi connectivity index (χ4v) is 5.03. The molecular weight excluding hydrogens is 557 g/mol.